The highest BCUT2D eigenvalue weighted by atomic mass is 32.1. The van der Waals surface area contributed by atoms with E-state index in [2.05, 4.69) is 10.3 Å². The molecule has 0 spiro atoms. The standard InChI is InChI=1S/C10H12N2O3S/c13-9(14)8-4-11-10(16-8)12-6-3-5-1-2-7(6)15-5/h4-7H,1-3H2,(H,11,12)(H,13,14). The molecule has 3 rings (SSSR count). The molecular formula is C10H12N2O3S. The summed E-state index contributed by atoms with van der Waals surface area (Å²) < 4.78 is 5.71. The van der Waals surface area contributed by atoms with Crippen LogP contribution in [-0.4, -0.2) is 34.3 Å². The number of nitrogens with one attached hydrogen (secondary N) is 1. The Kier molecular flexibility index (Phi) is 2.33. The van der Waals surface area contributed by atoms with Gasteiger partial charge in [-0.2, -0.15) is 0 Å². The van der Waals surface area contributed by atoms with Crippen molar-refractivity contribution in [2.45, 2.75) is 37.5 Å². The molecule has 86 valence electrons. The zero-order chi connectivity index (χ0) is 11.1. The monoisotopic (exact) mass is 240 g/mol. The van der Waals surface area contributed by atoms with E-state index in [1.54, 1.807) is 0 Å². The summed E-state index contributed by atoms with van der Waals surface area (Å²) in [6.07, 6.45) is 5.32. The van der Waals surface area contributed by atoms with Crippen LogP contribution >= 0.6 is 11.3 Å². The van der Waals surface area contributed by atoms with Gasteiger partial charge in [-0.3, -0.25) is 0 Å². The van der Waals surface area contributed by atoms with E-state index in [1.165, 1.54) is 17.5 Å². The fourth-order valence-corrected chi connectivity index (χ4v) is 3.10. The van der Waals surface area contributed by atoms with Crippen LogP contribution in [0.1, 0.15) is 28.9 Å². The lowest BCUT2D eigenvalue weighted by Crippen LogP contribution is -2.30. The van der Waals surface area contributed by atoms with Crippen LogP contribution in [0.5, 0.6) is 0 Å². The summed E-state index contributed by atoms with van der Waals surface area (Å²) >= 11 is 1.18. The van der Waals surface area contributed by atoms with Crippen LogP contribution in [0.3, 0.4) is 0 Å². The molecule has 2 saturated heterocycles. The Hall–Kier alpha value is -1.14. The summed E-state index contributed by atoms with van der Waals surface area (Å²) in [6, 6.07) is 0.298. The number of anilines is 1. The van der Waals surface area contributed by atoms with E-state index in [0.29, 0.717) is 17.3 Å². The number of carboxylic acids is 1. The van der Waals surface area contributed by atoms with Gasteiger partial charge in [0.15, 0.2) is 5.13 Å². The number of thiazole rings is 1. The van der Waals surface area contributed by atoms with Gasteiger partial charge in [0.1, 0.15) is 4.88 Å². The molecule has 0 aromatic carbocycles. The van der Waals surface area contributed by atoms with Gasteiger partial charge in [0, 0.05) is 0 Å². The number of carbonyl (C=O) groups is 1. The highest BCUT2D eigenvalue weighted by Crippen LogP contribution is 2.36. The lowest BCUT2D eigenvalue weighted by molar-refractivity contribution is 0.0702. The van der Waals surface area contributed by atoms with Gasteiger partial charge in [-0.25, -0.2) is 9.78 Å². The van der Waals surface area contributed by atoms with Crippen LogP contribution in [0.15, 0.2) is 6.20 Å². The molecule has 0 amide bonds. The van der Waals surface area contributed by atoms with E-state index in [9.17, 15) is 4.79 Å². The van der Waals surface area contributed by atoms with Crippen LogP contribution in [-0.2, 0) is 4.74 Å². The maximum atomic E-state index is 10.7. The first kappa shape index (κ1) is 10.0. The predicted octanol–water partition coefficient (Wildman–Crippen LogP) is 1.57. The van der Waals surface area contributed by atoms with Gasteiger partial charge in [0.25, 0.3) is 0 Å². The van der Waals surface area contributed by atoms with Crippen LogP contribution in [0.4, 0.5) is 5.13 Å². The highest BCUT2D eigenvalue weighted by Gasteiger charge is 2.40. The molecule has 6 heteroatoms. The third-order valence-corrected chi connectivity index (χ3v) is 4.05. The predicted molar refractivity (Wildman–Crippen MR) is 59.0 cm³/mol. The summed E-state index contributed by atoms with van der Waals surface area (Å²) in [7, 11) is 0. The molecule has 5 nitrogen and oxygen atoms in total. The van der Waals surface area contributed by atoms with Crippen LogP contribution in [0.2, 0.25) is 0 Å². The Morgan fingerprint density at radius 3 is 3.06 bits per heavy atom. The van der Waals surface area contributed by atoms with Gasteiger partial charge in [0.05, 0.1) is 24.4 Å². The van der Waals surface area contributed by atoms with Gasteiger partial charge in [-0.05, 0) is 19.3 Å². The Bertz CT molecular complexity index is 420. The molecule has 0 saturated carbocycles. The number of hydrogen-bond donors (Lipinski definition) is 2. The van der Waals surface area contributed by atoms with Crippen molar-refractivity contribution in [2.24, 2.45) is 0 Å². The largest absolute Gasteiger partial charge is 0.477 e. The Morgan fingerprint density at radius 2 is 2.50 bits per heavy atom. The molecular weight excluding hydrogens is 228 g/mol. The molecule has 3 atom stereocenters. The molecule has 0 radical (unpaired) electrons. The van der Waals surface area contributed by atoms with Crippen molar-refractivity contribution in [3.05, 3.63) is 11.1 Å². The molecule has 1 aromatic heterocycles. The number of aromatic carboxylic acids is 1. The van der Waals surface area contributed by atoms with Crippen LogP contribution in [0.25, 0.3) is 0 Å². The minimum Gasteiger partial charge on any atom is -0.477 e. The number of rotatable bonds is 3. The van der Waals surface area contributed by atoms with Crippen molar-refractivity contribution < 1.29 is 14.6 Å². The van der Waals surface area contributed by atoms with Crippen molar-refractivity contribution in [3.8, 4) is 0 Å². The minimum absolute atomic E-state index is 0.270. The zero-order valence-corrected chi connectivity index (χ0v) is 9.37. The highest BCUT2D eigenvalue weighted by molar-refractivity contribution is 7.17. The third kappa shape index (κ3) is 1.68. The summed E-state index contributed by atoms with van der Waals surface area (Å²) in [6.45, 7) is 0. The smallest absolute Gasteiger partial charge is 0.347 e. The van der Waals surface area contributed by atoms with Gasteiger partial charge in [0.2, 0.25) is 0 Å². The maximum Gasteiger partial charge on any atom is 0.347 e. The van der Waals surface area contributed by atoms with Gasteiger partial charge in [-0.15, -0.1) is 0 Å². The van der Waals surface area contributed by atoms with E-state index in [4.69, 9.17) is 9.84 Å². The molecule has 1 aromatic rings. The second kappa shape index (κ2) is 3.71. The number of hydrogen-bond acceptors (Lipinski definition) is 5. The van der Waals surface area contributed by atoms with Crippen LogP contribution in [0, 0.1) is 0 Å². The summed E-state index contributed by atoms with van der Waals surface area (Å²) in [5.74, 6) is -0.922. The van der Waals surface area contributed by atoms with Crippen LogP contribution < -0.4 is 5.32 Å². The SMILES string of the molecule is O=C(O)c1cnc(NC2CC3CCC2O3)s1. The van der Waals surface area contributed by atoms with Crippen molar-refractivity contribution >= 4 is 22.4 Å². The fourth-order valence-electron chi connectivity index (χ4n) is 2.39. The van der Waals surface area contributed by atoms with E-state index in [-0.39, 0.29) is 11.0 Å². The molecule has 3 heterocycles. The zero-order valence-electron chi connectivity index (χ0n) is 8.55. The van der Waals surface area contributed by atoms with Crippen molar-refractivity contribution in [1.29, 1.82) is 0 Å². The average Bonchev–Trinajstić information content (AvgIpc) is 2.91. The molecule has 3 unspecified atom stereocenters. The summed E-state index contributed by atoms with van der Waals surface area (Å²) in [4.78, 5) is 15.0. The van der Waals surface area contributed by atoms with E-state index < -0.39 is 5.97 Å². The number of carboxylic acid groups (broad SMARTS) is 1. The summed E-state index contributed by atoms with van der Waals surface area (Å²) in [5.41, 5.74) is 0. The van der Waals surface area contributed by atoms with E-state index >= 15 is 0 Å². The van der Waals surface area contributed by atoms with E-state index in [0.717, 1.165) is 19.3 Å². The third-order valence-electron chi connectivity index (χ3n) is 3.13. The number of aromatic nitrogens is 1. The van der Waals surface area contributed by atoms with Gasteiger partial charge < -0.3 is 15.2 Å². The second-order valence-corrected chi connectivity index (χ2v) is 5.23. The maximum absolute atomic E-state index is 10.7. The Labute approximate surface area is 96.5 Å². The fraction of sp³-hybridized carbons (Fsp3) is 0.600. The quantitative estimate of drug-likeness (QED) is 0.839. The van der Waals surface area contributed by atoms with Crippen molar-refractivity contribution in [3.63, 3.8) is 0 Å². The molecule has 2 bridgehead atoms. The number of fused-ring (bicyclic) bond motifs is 2. The molecule has 16 heavy (non-hydrogen) atoms. The normalized spacial score (nSPS) is 31.9. The Morgan fingerprint density at radius 1 is 1.62 bits per heavy atom. The first-order chi connectivity index (χ1) is 7.72. The van der Waals surface area contributed by atoms with Gasteiger partial charge >= 0.3 is 5.97 Å². The molecule has 2 N–H and O–H groups in total. The molecule has 0 aliphatic carbocycles. The van der Waals surface area contributed by atoms with Crippen molar-refractivity contribution in [1.82, 2.24) is 4.98 Å². The first-order valence-corrected chi connectivity index (χ1v) is 6.15. The number of nitrogens with zero attached hydrogens (tertiary/aromatic N) is 1. The lowest BCUT2D eigenvalue weighted by Gasteiger charge is -2.19. The first-order valence-electron chi connectivity index (χ1n) is 5.33. The topological polar surface area (TPSA) is 71.5 Å². The summed E-state index contributed by atoms with van der Waals surface area (Å²) in [5, 5.41) is 12.7. The van der Waals surface area contributed by atoms with Crippen molar-refractivity contribution in [2.75, 3.05) is 5.32 Å². The average molecular weight is 240 g/mol. The molecule has 2 fully saturated rings. The minimum atomic E-state index is -0.922. The lowest BCUT2D eigenvalue weighted by atomic mass is 9.96. The second-order valence-electron chi connectivity index (χ2n) is 4.20. The van der Waals surface area contributed by atoms with Gasteiger partial charge in [-0.1, -0.05) is 11.3 Å². The molecule has 2 aliphatic rings. The molecule has 2 aliphatic heterocycles. The Balaban J connectivity index is 1.68. The van der Waals surface area contributed by atoms with E-state index in [1.807, 2.05) is 0 Å². The number of ether oxygens (including phenoxy) is 1.